The first kappa shape index (κ1) is 21.7. The van der Waals surface area contributed by atoms with Crippen LogP contribution in [0.4, 0.5) is 0 Å². The summed E-state index contributed by atoms with van der Waals surface area (Å²) < 4.78 is 24.7. The van der Waals surface area contributed by atoms with Crippen LogP contribution in [0.25, 0.3) is 5.69 Å². The van der Waals surface area contributed by atoms with Crippen molar-refractivity contribution in [3.05, 3.63) is 72.3 Å². The molecule has 0 spiro atoms. The number of rotatable bonds is 5. The van der Waals surface area contributed by atoms with E-state index in [0.717, 1.165) is 19.1 Å². The molecule has 1 fully saturated rings. The molecule has 0 saturated carbocycles. The lowest BCUT2D eigenvalue weighted by Gasteiger charge is -2.33. The van der Waals surface area contributed by atoms with E-state index in [2.05, 4.69) is 15.4 Å². The Morgan fingerprint density at radius 3 is 2.59 bits per heavy atom. The normalized spacial score (nSPS) is 16.5. The van der Waals surface area contributed by atoms with Crippen molar-refractivity contribution in [2.45, 2.75) is 23.8 Å². The number of benzene rings is 1. The smallest absolute Gasteiger partial charge is 0.272 e. The van der Waals surface area contributed by atoms with Gasteiger partial charge in [0.2, 0.25) is 0 Å². The van der Waals surface area contributed by atoms with Crippen molar-refractivity contribution in [1.29, 1.82) is 0 Å². The maximum atomic E-state index is 12.7. The standard InChI is InChI=1S/C22H23N5O4S/c1-32(30,31)19-8-6-18(7-9-19)27-13-10-20(25-27)21(28)24-17-5-3-12-26(15-17)22(29)16-4-2-11-23-14-16/h2,4,6-11,13-14,17H,3,5,12,15H2,1H3,(H,24,28). The zero-order chi connectivity index (χ0) is 22.7. The monoisotopic (exact) mass is 453 g/mol. The van der Waals surface area contributed by atoms with Gasteiger partial charge in [0.25, 0.3) is 11.8 Å². The van der Waals surface area contributed by atoms with Crippen molar-refractivity contribution in [1.82, 2.24) is 25.0 Å². The first-order valence-electron chi connectivity index (χ1n) is 10.2. The number of hydrogen-bond donors (Lipinski definition) is 1. The second-order valence-electron chi connectivity index (χ2n) is 7.72. The maximum absolute atomic E-state index is 12.7. The number of piperidine rings is 1. The lowest BCUT2D eigenvalue weighted by Crippen LogP contribution is -2.49. The van der Waals surface area contributed by atoms with Gasteiger partial charge in [-0.25, -0.2) is 13.1 Å². The summed E-state index contributed by atoms with van der Waals surface area (Å²) in [7, 11) is -3.28. The van der Waals surface area contributed by atoms with Crippen molar-refractivity contribution in [2.24, 2.45) is 0 Å². The van der Waals surface area contributed by atoms with Crippen LogP contribution in [0.3, 0.4) is 0 Å². The van der Waals surface area contributed by atoms with Crippen molar-refractivity contribution in [2.75, 3.05) is 19.3 Å². The quantitative estimate of drug-likeness (QED) is 0.629. The minimum Gasteiger partial charge on any atom is -0.346 e. The average Bonchev–Trinajstić information content (AvgIpc) is 3.29. The van der Waals surface area contributed by atoms with Gasteiger partial charge in [-0.05, 0) is 55.3 Å². The average molecular weight is 454 g/mol. The molecule has 3 aromatic rings. The molecular formula is C22H23N5O4S. The molecule has 1 aromatic carbocycles. The molecule has 1 atom stereocenters. The number of nitrogens with zero attached hydrogens (tertiary/aromatic N) is 4. The van der Waals surface area contributed by atoms with Gasteiger partial charge in [-0.1, -0.05) is 0 Å². The summed E-state index contributed by atoms with van der Waals surface area (Å²) in [6.07, 6.45) is 7.52. The van der Waals surface area contributed by atoms with E-state index in [-0.39, 0.29) is 28.4 Å². The highest BCUT2D eigenvalue weighted by atomic mass is 32.2. The maximum Gasteiger partial charge on any atom is 0.272 e. The van der Waals surface area contributed by atoms with Gasteiger partial charge in [-0.15, -0.1) is 0 Å². The van der Waals surface area contributed by atoms with Crippen LogP contribution in [0.15, 0.2) is 66.0 Å². The zero-order valence-electron chi connectivity index (χ0n) is 17.5. The van der Waals surface area contributed by atoms with Gasteiger partial charge in [-0.2, -0.15) is 5.10 Å². The lowest BCUT2D eigenvalue weighted by molar-refractivity contribution is 0.0675. The third-order valence-corrected chi connectivity index (χ3v) is 6.43. The van der Waals surface area contributed by atoms with E-state index < -0.39 is 9.84 Å². The fourth-order valence-corrected chi connectivity index (χ4v) is 4.28. The second kappa shape index (κ2) is 8.91. The van der Waals surface area contributed by atoms with Crippen LogP contribution in [-0.2, 0) is 9.84 Å². The Hall–Kier alpha value is -3.53. The summed E-state index contributed by atoms with van der Waals surface area (Å²) in [5.74, 6) is -0.420. The molecule has 2 aromatic heterocycles. The Balaban J connectivity index is 1.40. The molecule has 1 aliphatic heterocycles. The highest BCUT2D eigenvalue weighted by Gasteiger charge is 2.26. The summed E-state index contributed by atoms with van der Waals surface area (Å²) in [6, 6.07) is 11.2. The Morgan fingerprint density at radius 1 is 1.12 bits per heavy atom. The molecule has 2 amide bonds. The van der Waals surface area contributed by atoms with Gasteiger partial charge in [0.1, 0.15) is 0 Å². The van der Waals surface area contributed by atoms with Gasteiger partial charge in [0.05, 0.1) is 16.1 Å². The van der Waals surface area contributed by atoms with Gasteiger partial charge in [0, 0.05) is 44.0 Å². The molecule has 1 aliphatic rings. The van der Waals surface area contributed by atoms with E-state index in [1.54, 1.807) is 53.8 Å². The van der Waals surface area contributed by atoms with Crippen LogP contribution >= 0.6 is 0 Å². The summed E-state index contributed by atoms with van der Waals surface area (Å²) in [6.45, 7) is 1.06. The molecule has 166 valence electrons. The molecule has 9 nitrogen and oxygen atoms in total. The van der Waals surface area contributed by atoms with Crippen LogP contribution in [0, 0.1) is 0 Å². The van der Waals surface area contributed by atoms with E-state index in [4.69, 9.17) is 0 Å². The van der Waals surface area contributed by atoms with E-state index in [1.807, 2.05) is 0 Å². The minimum absolute atomic E-state index is 0.0983. The lowest BCUT2D eigenvalue weighted by atomic mass is 10.0. The Bertz CT molecular complexity index is 1220. The number of aromatic nitrogens is 3. The van der Waals surface area contributed by atoms with Crippen LogP contribution in [0.5, 0.6) is 0 Å². The predicted octanol–water partition coefficient (Wildman–Crippen LogP) is 1.71. The summed E-state index contributed by atoms with van der Waals surface area (Å²) in [5, 5.41) is 7.27. The molecule has 1 N–H and O–H groups in total. The van der Waals surface area contributed by atoms with Gasteiger partial charge >= 0.3 is 0 Å². The van der Waals surface area contributed by atoms with Crippen LogP contribution in [0.2, 0.25) is 0 Å². The van der Waals surface area contributed by atoms with Crippen LogP contribution < -0.4 is 5.32 Å². The summed E-state index contributed by atoms with van der Waals surface area (Å²) >= 11 is 0. The molecule has 4 rings (SSSR count). The SMILES string of the molecule is CS(=O)(=O)c1ccc(-n2ccc(C(=O)NC3CCCN(C(=O)c4cccnc4)C3)n2)cc1. The van der Waals surface area contributed by atoms with Crippen molar-refractivity contribution in [3.63, 3.8) is 0 Å². The van der Waals surface area contributed by atoms with E-state index in [0.29, 0.717) is 24.3 Å². The number of carbonyl (C=O) groups is 2. The zero-order valence-corrected chi connectivity index (χ0v) is 18.3. The first-order valence-corrected chi connectivity index (χ1v) is 12.1. The van der Waals surface area contributed by atoms with E-state index in [1.165, 1.54) is 16.8 Å². The number of hydrogen-bond acceptors (Lipinski definition) is 6. The minimum atomic E-state index is -3.28. The Kier molecular flexibility index (Phi) is 6.04. The van der Waals surface area contributed by atoms with Gasteiger partial charge < -0.3 is 10.2 Å². The predicted molar refractivity (Wildman–Crippen MR) is 117 cm³/mol. The molecule has 1 saturated heterocycles. The fraction of sp³-hybridized carbons (Fsp3) is 0.273. The number of carbonyl (C=O) groups excluding carboxylic acids is 2. The number of likely N-dealkylation sites (tertiary alicyclic amines) is 1. The van der Waals surface area contributed by atoms with E-state index >= 15 is 0 Å². The number of pyridine rings is 1. The summed E-state index contributed by atoms with van der Waals surface area (Å²) in [4.78, 5) is 31.3. The molecule has 32 heavy (non-hydrogen) atoms. The topological polar surface area (TPSA) is 114 Å². The molecule has 1 unspecified atom stereocenters. The second-order valence-corrected chi connectivity index (χ2v) is 9.73. The van der Waals surface area contributed by atoms with Crippen LogP contribution in [0.1, 0.15) is 33.7 Å². The number of sulfone groups is 1. The first-order chi connectivity index (χ1) is 15.3. The van der Waals surface area contributed by atoms with Gasteiger partial charge in [-0.3, -0.25) is 14.6 Å². The Morgan fingerprint density at radius 2 is 1.91 bits per heavy atom. The molecule has 0 aliphatic carbocycles. The Labute approximate surface area is 186 Å². The number of amides is 2. The largest absolute Gasteiger partial charge is 0.346 e. The third kappa shape index (κ3) is 4.86. The highest BCUT2D eigenvalue weighted by Crippen LogP contribution is 2.16. The highest BCUT2D eigenvalue weighted by molar-refractivity contribution is 7.90. The van der Waals surface area contributed by atoms with E-state index in [9.17, 15) is 18.0 Å². The number of nitrogens with one attached hydrogen (secondary N) is 1. The molecule has 0 bridgehead atoms. The van der Waals surface area contributed by atoms with Crippen molar-refractivity contribution >= 4 is 21.7 Å². The van der Waals surface area contributed by atoms with Crippen molar-refractivity contribution in [3.8, 4) is 5.69 Å². The molecular weight excluding hydrogens is 430 g/mol. The fourth-order valence-electron chi connectivity index (χ4n) is 3.65. The van der Waals surface area contributed by atoms with Crippen molar-refractivity contribution < 1.29 is 18.0 Å². The molecule has 10 heteroatoms. The van der Waals surface area contributed by atoms with Gasteiger partial charge in [0.15, 0.2) is 15.5 Å². The third-order valence-electron chi connectivity index (χ3n) is 5.30. The summed E-state index contributed by atoms with van der Waals surface area (Å²) in [5.41, 5.74) is 1.41. The van der Waals surface area contributed by atoms with Crippen LogP contribution in [-0.4, -0.2) is 65.3 Å². The molecule has 0 radical (unpaired) electrons. The molecule has 3 heterocycles.